The van der Waals surface area contributed by atoms with E-state index in [0.717, 1.165) is 5.30 Å². The zero-order chi connectivity index (χ0) is 32.0. The second-order valence-electron chi connectivity index (χ2n) is 12.9. The van der Waals surface area contributed by atoms with Crippen LogP contribution in [0.4, 0.5) is 0 Å². The van der Waals surface area contributed by atoms with E-state index in [2.05, 4.69) is 121 Å². The van der Waals surface area contributed by atoms with Gasteiger partial charge in [0.15, 0.2) is 5.78 Å². The van der Waals surface area contributed by atoms with Crippen molar-refractivity contribution in [2.75, 3.05) is 0 Å². The molecular formula is C46H29OP. The van der Waals surface area contributed by atoms with Crippen molar-refractivity contribution in [1.29, 1.82) is 0 Å². The molecule has 0 fully saturated rings. The summed E-state index contributed by atoms with van der Waals surface area (Å²) in [5.74, 6) is 0.0283. The van der Waals surface area contributed by atoms with Gasteiger partial charge in [-0.15, -0.1) is 0 Å². The van der Waals surface area contributed by atoms with Crippen molar-refractivity contribution in [2.45, 2.75) is 0 Å². The van der Waals surface area contributed by atoms with Gasteiger partial charge in [0.05, 0.1) is 0 Å². The van der Waals surface area contributed by atoms with Crippen LogP contribution in [0.1, 0.15) is 15.9 Å². The van der Waals surface area contributed by atoms with Gasteiger partial charge in [-0.25, -0.2) is 0 Å². The minimum absolute atomic E-state index is 0.0283. The number of hydrogen-bond acceptors (Lipinski definition) is 1. The number of carbonyl (C=O) groups is 1. The minimum atomic E-state index is -2.53. The highest BCUT2D eigenvalue weighted by Crippen LogP contribution is 2.49. The van der Waals surface area contributed by atoms with E-state index < -0.39 is 6.89 Å². The molecule has 0 spiro atoms. The highest BCUT2D eigenvalue weighted by molar-refractivity contribution is 7.94. The molecule has 0 heterocycles. The number of rotatable bonds is 5. The van der Waals surface area contributed by atoms with Crippen molar-refractivity contribution in [3.63, 3.8) is 0 Å². The van der Waals surface area contributed by atoms with E-state index in [1.807, 2.05) is 42.5 Å². The second-order valence-corrected chi connectivity index (χ2v) is 16.0. The van der Waals surface area contributed by atoms with Crippen molar-refractivity contribution in [1.82, 2.24) is 0 Å². The quantitative estimate of drug-likeness (QED) is 0.105. The van der Waals surface area contributed by atoms with Crippen molar-refractivity contribution < 1.29 is 4.79 Å². The molecule has 10 rings (SSSR count). The molecule has 0 aliphatic heterocycles. The standard InChI is InChI=1S/C46H29OP/c1-48(37-23-17-36(18-24-37)46(47)35-7-3-2-4-8-35,40-27-21-33-15-13-29-9-5-11-31-19-25-38(40)44(33)42(29)31)41-28-22-34-16-14-30-10-6-12-32-20-26-39(41)45(34)43(30)32/h2-28H,1H2. The molecular weight excluding hydrogens is 599 g/mol. The Kier molecular flexibility index (Phi) is 5.77. The summed E-state index contributed by atoms with van der Waals surface area (Å²) in [4.78, 5) is 13.5. The molecule has 0 radical (unpaired) electrons. The molecule has 0 unspecified atom stereocenters. The van der Waals surface area contributed by atoms with Crippen molar-refractivity contribution in [3.8, 4) is 0 Å². The van der Waals surface area contributed by atoms with Gasteiger partial charge >= 0.3 is 0 Å². The Morgan fingerprint density at radius 3 is 1.25 bits per heavy atom. The molecule has 48 heavy (non-hydrogen) atoms. The molecule has 1 nitrogen and oxygen atoms in total. The van der Waals surface area contributed by atoms with Crippen LogP contribution in [0.15, 0.2) is 164 Å². The highest BCUT2D eigenvalue weighted by Gasteiger charge is 2.28. The highest BCUT2D eigenvalue weighted by atomic mass is 31.2. The van der Waals surface area contributed by atoms with E-state index in [0.29, 0.717) is 11.1 Å². The number of benzene rings is 10. The van der Waals surface area contributed by atoms with Gasteiger partial charge in [0.2, 0.25) is 0 Å². The lowest BCUT2D eigenvalue weighted by Gasteiger charge is -2.30. The number of hydrogen-bond donors (Lipinski definition) is 0. The Morgan fingerprint density at radius 1 is 0.375 bits per heavy atom. The molecule has 2 heteroatoms. The summed E-state index contributed by atoms with van der Waals surface area (Å²) >= 11 is 0. The van der Waals surface area contributed by atoms with Crippen LogP contribution < -0.4 is 15.9 Å². The van der Waals surface area contributed by atoms with Crippen LogP contribution >= 0.6 is 6.89 Å². The summed E-state index contributed by atoms with van der Waals surface area (Å²) < 4.78 is 0. The third-order valence-corrected chi connectivity index (χ3v) is 14.0. The Hall–Kier alpha value is -5.75. The van der Waals surface area contributed by atoms with Gasteiger partial charge in [-0.05, 0) is 87.4 Å². The fourth-order valence-corrected chi connectivity index (χ4v) is 11.5. The predicted molar refractivity (Wildman–Crippen MR) is 210 cm³/mol. The summed E-state index contributed by atoms with van der Waals surface area (Å²) in [6.45, 7) is -2.53. The van der Waals surface area contributed by atoms with Gasteiger partial charge in [0, 0.05) is 11.1 Å². The molecule has 0 saturated heterocycles. The maximum absolute atomic E-state index is 13.5. The molecule has 0 saturated carbocycles. The van der Waals surface area contributed by atoms with Crippen LogP contribution in [-0.4, -0.2) is 12.1 Å². The van der Waals surface area contributed by atoms with Gasteiger partial charge in [-0.3, -0.25) is 4.79 Å². The molecule has 0 bridgehead atoms. The van der Waals surface area contributed by atoms with Crippen LogP contribution in [0.25, 0.3) is 64.6 Å². The van der Waals surface area contributed by atoms with E-state index >= 15 is 0 Å². The van der Waals surface area contributed by atoms with E-state index in [9.17, 15) is 4.79 Å². The Morgan fingerprint density at radius 2 is 0.771 bits per heavy atom. The van der Waals surface area contributed by atoms with Crippen LogP contribution in [0.3, 0.4) is 0 Å². The van der Waals surface area contributed by atoms with Gasteiger partial charge in [-0.2, -0.15) is 0 Å². The summed E-state index contributed by atoms with van der Waals surface area (Å²) in [5.41, 5.74) is 1.38. The summed E-state index contributed by atoms with van der Waals surface area (Å²) in [5, 5.41) is 18.8. The number of carbonyl (C=O) groups excluding carboxylic acids is 1. The first-order chi connectivity index (χ1) is 23.6. The lowest BCUT2D eigenvalue weighted by molar-refractivity contribution is 0.103. The molecule has 0 aliphatic carbocycles. The van der Waals surface area contributed by atoms with Crippen LogP contribution in [0.5, 0.6) is 0 Å². The third kappa shape index (κ3) is 3.77. The smallest absolute Gasteiger partial charge is 0.193 e. The lowest BCUT2D eigenvalue weighted by atomic mass is 9.94. The maximum Gasteiger partial charge on any atom is 0.193 e. The maximum atomic E-state index is 13.5. The first-order valence-electron chi connectivity index (χ1n) is 16.4. The second kappa shape index (κ2) is 10.1. The molecule has 10 aromatic carbocycles. The van der Waals surface area contributed by atoms with E-state index in [-0.39, 0.29) is 5.78 Å². The zero-order valence-electron chi connectivity index (χ0n) is 26.2. The molecule has 0 atom stereocenters. The van der Waals surface area contributed by atoms with Crippen molar-refractivity contribution in [3.05, 3.63) is 175 Å². The molecule has 224 valence electrons. The average Bonchev–Trinajstić information content (AvgIpc) is 3.15. The first kappa shape index (κ1) is 27.4. The van der Waals surface area contributed by atoms with Gasteiger partial charge < -0.3 is 0 Å². The summed E-state index contributed by atoms with van der Waals surface area (Å²) in [7, 11) is 0. The third-order valence-electron chi connectivity index (χ3n) is 10.4. The van der Waals surface area contributed by atoms with E-state index in [1.54, 1.807) is 0 Å². The summed E-state index contributed by atoms with van der Waals surface area (Å²) in [6, 6.07) is 58.3. The van der Waals surface area contributed by atoms with Gasteiger partial charge in [0.25, 0.3) is 0 Å². The normalized spacial score (nSPS) is 12.3. The number of ketones is 1. The molecule has 10 aromatic rings. The topological polar surface area (TPSA) is 17.1 Å². The monoisotopic (exact) mass is 628 g/mol. The first-order valence-corrected chi connectivity index (χ1v) is 18.3. The lowest BCUT2D eigenvalue weighted by Crippen LogP contribution is -2.27. The molecule has 0 N–H and O–H groups in total. The minimum Gasteiger partial charge on any atom is -0.289 e. The van der Waals surface area contributed by atoms with E-state index in [4.69, 9.17) is 6.30 Å². The Labute approximate surface area is 278 Å². The fraction of sp³-hybridized carbons (Fsp3) is 0. The zero-order valence-corrected chi connectivity index (χ0v) is 27.0. The largest absolute Gasteiger partial charge is 0.289 e. The predicted octanol–water partition coefficient (Wildman–Crippen LogP) is 10.4. The van der Waals surface area contributed by atoms with Gasteiger partial charge in [0.1, 0.15) is 0 Å². The van der Waals surface area contributed by atoms with Crippen LogP contribution in [-0.2, 0) is 0 Å². The van der Waals surface area contributed by atoms with Crippen molar-refractivity contribution >= 4 is 99.5 Å². The Bertz CT molecular complexity index is 2740. The van der Waals surface area contributed by atoms with Crippen LogP contribution in [0, 0.1) is 0 Å². The molecule has 0 amide bonds. The van der Waals surface area contributed by atoms with Crippen LogP contribution in [0.2, 0.25) is 0 Å². The summed E-state index contributed by atoms with van der Waals surface area (Å²) in [6.07, 6.45) is 5.30. The molecule has 0 aliphatic rings. The average molecular weight is 629 g/mol. The Balaban J connectivity index is 1.29. The van der Waals surface area contributed by atoms with Crippen molar-refractivity contribution in [2.24, 2.45) is 0 Å². The SMILES string of the molecule is C=P(c1ccc(C(=O)c2ccccc2)cc1)(c1ccc2ccc3cccc4ccc1c2c34)c1ccc2ccc3cccc4ccc1c2c34. The van der Waals surface area contributed by atoms with Gasteiger partial charge in [-0.1, -0.05) is 170 Å². The fourth-order valence-electron chi connectivity index (χ4n) is 8.14. The molecule has 0 aromatic heterocycles. The van der Waals surface area contributed by atoms with E-state index in [1.165, 1.54) is 75.2 Å².